The third kappa shape index (κ3) is 3.65. The van der Waals surface area contributed by atoms with Crippen molar-refractivity contribution < 1.29 is 9.59 Å². The predicted molar refractivity (Wildman–Crippen MR) is 91.6 cm³/mol. The molecule has 1 aromatic heterocycles. The van der Waals surface area contributed by atoms with E-state index in [0.717, 1.165) is 0 Å². The maximum atomic E-state index is 12.6. The molecule has 1 atom stereocenters. The third-order valence-electron chi connectivity index (χ3n) is 3.48. The van der Waals surface area contributed by atoms with Gasteiger partial charge in [-0.05, 0) is 36.4 Å². The van der Waals surface area contributed by atoms with Gasteiger partial charge in [0.2, 0.25) is 5.91 Å². The number of nitrogens with one attached hydrogen (secondary N) is 1. The summed E-state index contributed by atoms with van der Waals surface area (Å²) in [5, 5.41) is 3.40. The zero-order chi connectivity index (χ0) is 16.2. The van der Waals surface area contributed by atoms with Gasteiger partial charge in [-0.3, -0.25) is 14.6 Å². The topological polar surface area (TPSA) is 62.3 Å². The minimum atomic E-state index is -0.489. The number of hydrogen-bond donors (Lipinski definition) is 1. The highest BCUT2D eigenvalue weighted by Gasteiger charge is 2.35. The predicted octanol–water partition coefficient (Wildman–Crippen LogP) is 2.89. The molecule has 0 aliphatic carbocycles. The molecule has 0 radical (unpaired) electrons. The van der Waals surface area contributed by atoms with Crippen molar-refractivity contribution in [3.05, 3.63) is 59.4 Å². The number of rotatable bonds is 3. The first-order chi connectivity index (χ1) is 11.1. The first-order valence-electron chi connectivity index (χ1n) is 7.00. The molecular weight excluding hydrogens is 334 g/mol. The highest BCUT2D eigenvalue weighted by atomic mass is 35.5. The number of carbonyl (C=O) groups excluding carboxylic acids is 2. The van der Waals surface area contributed by atoms with Gasteiger partial charge in [-0.25, -0.2) is 0 Å². The van der Waals surface area contributed by atoms with Gasteiger partial charge in [0.05, 0.1) is 5.88 Å². The van der Waals surface area contributed by atoms with E-state index in [0.29, 0.717) is 27.9 Å². The van der Waals surface area contributed by atoms with Gasteiger partial charge < -0.3 is 10.2 Å². The van der Waals surface area contributed by atoms with E-state index >= 15 is 0 Å². The Morgan fingerprint density at radius 1 is 1.17 bits per heavy atom. The highest BCUT2D eigenvalue weighted by Crippen LogP contribution is 2.24. The maximum absolute atomic E-state index is 12.6. The zero-order valence-electron chi connectivity index (χ0n) is 12.1. The van der Waals surface area contributed by atoms with Gasteiger partial charge in [0, 0.05) is 34.4 Å². The maximum Gasteiger partial charge on any atom is 0.255 e. The smallest absolute Gasteiger partial charge is 0.255 e. The minimum Gasteiger partial charge on any atom is -0.324 e. The van der Waals surface area contributed by atoms with Crippen LogP contribution in [0.4, 0.5) is 5.69 Å². The molecular formula is C16H14ClN3O2S. The van der Waals surface area contributed by atoms with Crippen LogP contribution in [0.15, 0.2) is 48.8 Å². The fourth-order valence-electron chi connectivity index (χ4n) is 2.28. The monoisotopic (exact) mass is 347 g/mol. The van der Waals surface area contributed by atoms with Gasteiger partial charge in [0.25, 0.3) is 5.91 Å². The van der Waals surface area contributed by atoms with E-state index in [9.17, 15) is 9.59 Å². The summed E-state index contributed by atoms with van der Waals surface area (Å²) >= 11 is 7.41. The van der Waals surface area contributed by atoms with Gasteiger partial charge >= 0.3 is 0 Å². The molecule has 0 bridgehead atoms. The van der Waals surface area contributed by atoms with E-state index in [1.54, 1.807) is 65.5 Å². The van der Waals surface area contributed by atoms with Crippen LogP contribution in [0, 0.1) is 0 Å². The number of anilines is 1. The number of nitrogens with zero attached hydrogens (tertiary/aromatic N) is 2. The van der Waals surface area contributed by atoms with E-state index < -0.39 is 6.04 Å². The molecule has 1 unspecified atom stereocenters. The van der Waals surface area contributed by atoms with E-state index in [1.807, 2.05) is 0 Å². The second-order valence-corrected chi connectivity index (χ2v) is 6.46. The number of halogens is 1. The Morgan fingerprint density at radius 2 is 1.87 bits per heavy atom. The van der Waals surface area contributed by atoms with E-state index in [4.69, 9.17) is 11.6 Å². The molecule has 3 rings (SSSR count). The SMILES string of the molecule is O=C(Nc1ccncc1)C1CSCN1C(=O)c1ccc(Cl)cc1. The number of amides is 2. The lowest BCUT2D eigenvalue weighted by Crippen LogP contribution is -2.44. The van der Waals surface area contributed by atoms with Crippen LogP contribution < -0.4 is 5.32 Å². The summed E-state index contributed by atoms with van der Waals surface area (Å²) in [5.41, 5.74) is 1.19. The molecule has 1 aliphatic heterocycles. The average Bonchev–Trinajstić information content (AvgIpc) is 3.05. The lowest BCUT2D eigenvalue weighted by Gasteiger charge is -2.23. The van der Waals surface area contributed by atoms with Crippen LogP contribution in [0.1, 0.15) is 10.4 Å². The Bertz CT molecular complexity index is 709. The van der Waals surface area contributed by atoms with Crippen molar-refractivity contribution >= 4 is 40.9 Å². The second kappa shape index (κ2) is 7.02. The van der Waals surface area contributed by atoms with Crippen LogP contribution in [-0.4, -0.2) is 39.4 Å². The van der Waals surface area contributed by atoms with Crippen molar-refractivity contribution in [3.63, 3.8) is 0 Å². The number of carbonyl (C=O) groups is 2. The molecule has 1 N–H and O–H groups in total. The standard InChI is InChI=1S/C16H14ClN3O2S/c17-12-3-1-11(2-4-12)16(22)20-10-23-9-14(20)15(21)19-13-5-7-18-8-6-13/h1-8,14H,9-10H2,(H,18,19,21). The molecule has 1 aromatic carbocycles. The molecule has 1 saturated heterocycles. The lowest BCUT2D eigenvalue weighted by atomic mass is 10.1. The van der Waals surface area contributed by atoms with Crippen molar-refractivity contribution in [2.24, 2.45) is 0 Å². The molecule has 0 spiro atoms. The molecule has 1 aliphatic rings. The van der Waals surface area contributed by atoms with Gasteiger partial charge in [0.15, 0.2) is 0 Å². The summed E-state index contributed by atoms with van der Waals surface area (Å²) in [6.45, 7) is 0. The van der Waals surface area contributed by atoms with Crippen molar-refractivity contribution in [2.45, 2.75) is 6.04 Å². The highest BCUT2D eigenvalue weighted by molar-refractivity contribution is 7.99. The van der Waals surface area contributed by atoms with Gasteiger partial charge in [-0.15, -0.1) is 11.8 Å². The first-order valence-corrected chi connectivity index (χ1v) is 8.53. The molecule has 5 nitrogen and oxygen atoms in total. The van der Waals surface area contributed by atoms with E-state index in [-0.39, 0.29) is 11.8 Å². The van der Waals surface area contributed by atoms with Crippen molar-refractivity contribution in [2.75, 3.05) is 16.9 Å². The summed E-state index contributed by atoms with van der Waals surface area (Å²) < 4.78 is 0. The van der Waals surface area contributed by atoms with Crippen LogP contribution in [0.25, 0.3) is 0 Å². The second-order valence-electron chi connectivity index (χ2n) is 5.02. The molecule has 2 heterocycles. The summed E-state index contributed by atoms with van der Waals surface area (Å²) in [6.07, 6.45) is 3.21. The zero-order valence-corrected chi connectivity index (χ0v) is 13.7. The Balaban J connectivity index is 1.73. The first kappa shape index (κ1) is 15.8. The summed E-state index contributed by atoms with van der Waals surface area (Å²) in [6, 6.07) is 9.62. The fourth-order valence-corrected chi connectivity index (χ4v) is 3.56. The lowest BCUT2D eigenvalue weighted by molar-refractivity contribution is -0.119. The Labute approximate surface area is 143 Å². The van der Waals surface area contributed by atoms with Gasteiger partial charge in [-0.1, -0.05) is 11.6 Å². The quantitative estimate of drug-likeness (QED) is 0.927. The summed E-state index contributed by atoms with van der Waals surface area (Å²) in [4.78, 5) is 30.6. The van der Waals surface area contributed by atoms with Crippen molar-refractivity contribution in [1.82, 2.24) is 9.88 Å². The molecule has 1 fully saturated rings. The third-order valence-corrected chi connectivity index (χ3v) is 4.75. The van der Waals surface area contributed by atoms with Crippen LogP contribution in [0.3, 0.4) is 0 Å². The number of pyridine rings is 1. The Hall–Kier alpha value is -2.05. The van der Waals surface area contributed by atoms with Gasteiger partial charge in [-0.2, -0.15) is 0 Å². The van der Waals surface area contributed by atoms with Crippen LogP contribution in [0.2, 0.25) is 5.02 Å². The number of hydrogen-bond acceptors (Lipinski definition) is 4. The Kier molecular flexibility index (Phi) is 4.83. The molecule has 2 amide bonds. The van der Waals surface area contributed by atoms with E-state index in [2.05, 4.69) is 10.3 Å². The van der Waals surface area contributed by atoms with Crippen molar-refractivity contribution in [1.29, 1.82) is 0 Å². The molecule has 7 heteroatoms. The molecule has 0 saturated carbocycles. The van der Waals surface area contributed by atoms with Crippen LogP contribution in [0.5, 0.6) is 0 Å². The molecule has 118 valence electrons. The molecule has 2 aromatic rings. The summed E-state index contributed by atoms with van der Waals surface area (Å²) in [5.74, 6) is 0.719. The largest absolute Gasteiger partial charge is 0.324 e. The minimum absolute atomic E-state index is 0.165. The van der Waals surface area contributed by atoms with Crippen molar-refractivity contribution in [3.8, 4) is 0 Å². The normalized spacial score (nSPS) is 17.1. The number of aromatic nitrogens is 1. The van der Waals surface area contributed by atoms with Gasteiger partial charge in [0.1, 0.15) is 6.04 Å². The number of thioether (sulfide) groups is 1. The fraction of sp³-hybridized carbons (Fsp3) is 0.188. The number of benzene rings is 1. The van der Waals surface area contributed by atoms with Crippen LogP contribution >= 0.6 is 23.4 Å². The van der Waals surface area contributed by atoms with E-state index in [1.165, 1.54) is 0 Å². The van der Waals surface area contributed by atoms with Crippen LogP contribution in [-0.2, 0) is 4.79 Å². The molecule has 23 heavy (non-hydrogen) atoms. The average molecular weight is 348 g/mol. The summed E-state index contributed by atoms with van der Waals surface area (Å²) in [7, 11) is 0. The Morgan fingerprint density at radius 3 is 2.57 bits per heavy atom.